The number of hydrogen-bond acceptors (Lipinski definition) is 2. The molecule has 4 aromatic carbocycles. The van der Waals surface area contributed by atoms with Crippen LogP contribution in [0, 0.1) is 0 Å². The number of carbonyl (C=O) groups is 2. The Bertz CT molecular complexity index is 1200. The molecular formula is C30H24O2. The third kappa shape index (κ3) is 4.81. The first-order valence-electron chi connectivity index (χ1n) is 10.7. The van der Waals surface area contributed by atoms with Gasteiger partial charge in [0.25, 0.3) is 0 Å². The number of carbonyl (C=O) groups excluding carboxylic acids is 2. The number of rotatable bonds is 7. The van der Waals surface area contributed by atoms with E-state index < -0.39 is 0 Å². The van der Waals surface area contributed by atoms with Crippen molar-refractivity contribution in [3.05, 3.63) is 143 Å². The van der Waals surface area contributed by atoms with E-state index in [1.807, 2.05) is 78.9 Å². The van der Waals surface area contributed by atoms with Gasteiger partial charge in [0, 0.05) is 5.56 Å². The van der Waals surface area contributed by atoms with Crippen LogP contribution in [0.4, 0.5) is 0 Å². The first-order valence-corrected chi connectivity index (χ1v) is 10.7. The molecule has 156 valence electrons. The van der Waals surface area contributed by atoms with Gasteiger partial charge in [-0.2, -0.15) is 0 Å². The quantitative estimate of drug-likeness (QED) is 0.187. The molecule has 0 radical (unpaired) electrons. The molecule has 0 aromatic heterocycles. The predicted octanol–water partition coefficient (Wildman–Crippen LogP) is 6.86. The van der Waals surface area contributed by atoms with E-state index in [2.05, 4.69) is 36.4 Å². The Hall–Kier alpha value is -4.04. The van der Waals surface area contributed by atoms with Crippen molar-refractivity contribution in [3.63, 3.8) is 0 Å². The van der Waals surface area contributed by atoms with Gasteiger partial charge in [0.2, 0.25) is 0 Å². The van der Waals surface area contributed by atoms with Gasteiger partial charge in [-0.1, -0.05) is 115 Å². The van der Waals surface area contributed by atoms with E-state index in [4.69, 9.17) is 0 Å². The van der Waals surface area contributed by atoms with E-state index in [1.165, 1.54) is 6.92 Å². The molecule has 32 heavy (non-hydrogen) atoms. The average Bonchev–Trinajstić information content (AvgIpc) is 2.84. The van der Waals surface area contributed by atoms with E-state index in [-0.39, 0.29) is 18.0 Å². The zero-order valence-electron chi connectivity index (χ0n) is 18.0. The number of ketones is 2. The smallest absolute Gasteiger partial charge is 0.170 e. The molecule has 2 heteroatoms. The summed E-state index contributed by atoms with van der Waals surface area (Å²) in [6.07, 6.45) is -0.0694. The summed E-state index contributed by atoms with van der Waals surface area (Å²) in [6.45, 7) is 1.44. The van der Waals surface area contributed by atoms with Crippen molar-refractivity contribution in [2.24, 2.45) is 0 Å². The van der Waals surface area contributed by atoms with Crippen LogP contribution in [0.3, 0.4) is 0 Å². The Morgan fingerprint density at radius 3 is 1.12 bits per heavy atom. The van der Waals surface area contributed by atoms with Gasteiger partial charge in [0.1, 0.15) is 5.78 Å². The van der Waals surface area contributed by atoms with Crippen LogP contribution >= 0.6 is 0 Å². The minimum absolute atomic E-state index is 0.0694. The molecule has 0 amide bonds. The van der Waals surface area contributed by atoms with Crippen LogP contribution in [0.15, 0.2) is 115 Å². The zero-order chi connectivity index (χ0) is 22.3. The molecular weight excluding hydrogens is 392 g/mol. The van der Waals surface area contributed by atoms with E-state index in [1.54, 1.807) is 0 Å². The van der Waals surface area contributed by atoms with Crippen molar-refractivity contribution in [2.45, 2.75) is 13.3 Å². The maximum Gasteiger partial charge on any atom is 0.170 e. The minimum atomic E-state index is -0.152. The van der Waals surface area contributed by atoms with Crippen molar-refractivity contribution in [1.29, 1.82) is 0 Å². The van der Waals surface area contributed by atoms with Crippen molar-refractivity contribution in [2.75, 3.05) is 0 Å². The van der Waals surface area contributed by atoms with Gasteiger partial charge < -0.3 is 0 Å². The van der Waals surface area contributed by atoms with Crippen LogP contribution in [-0.4, -0.2) is 11.6 Å². The van der Waals surface area contributed by atoms with Gasteiger partial charge in [-0.25, -0.2) is 0 Å². The van der Waals surface area contributed by atoms with Crippen molar-refractivity contribution >= 4 is 22.7 Å². The van der Waals surface area contributed by atoms with Gasteiger partial charge in [0.05, 0.1) is 6.42 Å². The molecule has 0 atom stereocenters. The summed E-state index contributed by atoms with van der Waals surface area (Å²) in [5.74, 6) is -0.278. The molecule has 2 nitrogen and oxygen atoms in total. The SMILES string of the molecule is CC(=O)CC(=O)c1ccc(C(=C(c2ccccc2)c2ccccc2)c2ccccc2)cc1. The molecule has 0 aliphatic heterocycles. The van der Waals surface area contributed by atoms with Gasteiger partial charge in [-0.15, -0.1) is 0 Å². The molecule has 4 aromatic rings. The molecule has 0 N–H and O–H groups in total. The molecule has 0 aliphatic rings. The van der Waals surface area contributed by atoms with Gasteiger partial charge >= 0.3 is 0 Å². The fourth-order valence-corrected chi connectivity index (χ4v) is 3.88. The lowest BCUT2D eigenvalue weighted by Crippen LogP contribution is -2.05. The van der Waals surface area contributed by atoms with Crippen molar-refractivity contribution < 1.29 is 9.59 Å². The lowest BCUT2D eigenvalue weighted by atomic mass is 9.85. The second kappa shape index (κ2) is 9.84. The summed E-state index contributed by atoms with van der Waals surface area (Å²) in [5, 5.41) is 0. The van der Waals surface area contributed by atoms with Gasteiger partial charge in [0.15, 0.2) is 5.78 Å². The Morgan fingerprint density at radius 1 is 0.469 bits per heavy atom. The predicted molar refractivity (Wildman–Crippen MR) is 130 cm³/mol. The summed E-state index contributed by atoms with van der Waals surface area (Å²) in [5.41, 5.74) is 7.12. The fraction of sp³-hybridized carbons (Fsp3) is 0.0667. The number of Topliss-reactive ketones (excluding diaryl/α,β-unsaturated/α-hetero) is 2. The molecule has 0 aliphatic carbocycles. The maximum atomic E-state index is 12.4. The van der Waals surface area contributed by atoms with Crippen LogP contribution in [0.25, 0.3) is 11.1 Å². The van der Waals surface area contributed by atoms with Gasteiger partial charge in [-0.05, 0) is 40.3 Å². The average molecular weight is 417 g/mol. The molecule has 0 unspecified atom stereocenters. The summed E-state index contributed by atoms with van der Waals surface area (Å²) < 4.78 is 0. The first kappa shape index (κ1) is 21.2. The second-order valence-corrected chi connectivity index (χ2v) is 7.73. The van der Waals surface area contributed by atoms with Crippen LogP contribution in [0.2, 0.25) is 0 Å². The third-order valence-corrected chi connectivity index (χ3v) is 5.34. The highest BCUT2D eigenvalue weighted by Crippen LogP contribution is 2.36. The highest BCUT2D eigenvalue weighted by Gasteiger charge is 2.16. The summed E-state index contributed by atoms with van der Waals surface area (Å²) in [4.78, 5) is 23.7. The molecule has 0 saturated heterocycles. The Balaban J connectivity index is 1.95. The van der Waals surface area contributed by atoms with E-state index in [0.29, 0.717) is 5.56 Å². The summed E-state index contributed by atoms with van der Waals surface area (Å²) in [6, 6.07) is 38.6. The second-order valence-electron chi connectivity index (χ2n) is 7.73. The van der Waals surface area contributed by atoms with E-state index >= 15 is 0 Å². The number of benzene rings is 4. The minimum Gasteiger partial charge on any atom is -0.300 e. The van der Waals surface area contributed by atoms with Crippen LogP contribution in [-0.2, 0) is 4.79 Å². The highest BCUT2D eigenvalue weighted by molar-refractivity contribution is 6.08. The lowest BCUT2D eigenvalue weighted by Gasteiger charge is -2.18. The van der Waals surface area contributed by atoms with E-state index in [9.17, 15) is 9.59 Å². The fourth-order valence-electron chi connectivity index (χ4n) is 3.88. The van der Waals surface area contributed by atoms with Gasteiger partial charge in [-0.3, -0.25) is 9.59 Å². The largest absolute Gasteiger partial charge is 0.300 e. The first-order chi connectivity index (χ1) is 15.6. The maximum absolute atomic E-state index is 12.4. The molecule has 0 heterocycles. The molecule has 4 rings (SSSR count). The van der Waals surface area contributed by atoms with Crippen LogP contribution in [0.1, 0.15) is 46.0 Å². The van der Waals surface area contributed by atoms with E-state index in [0.717, 1.165) is 33.4 Å². The van der Waals surface area contributed by atoms with Crippen molar-refractivity contribution in [3.8, 4) is 0 Å². The molecule has 0 saturated carbocycles. The zero-order valence-corrected chi connectivity index (χ0v) is 18.0. The molecule has 0 bridgehead atoms. The number of hydrogen-bond donors (Lipinski definition) is 0. The van der Waals surface area contributed by atoms with Crippen LogP contribution in [0.5, 0.6) is 0 Å². The Kier molecular flexibility index (Phi) is 6.52. The van der Waals surface area contributed by atoms with Crippen LogP contribution < -0.4 is 0 Å². The molecule has 0 spiro atoms. The standard InChI is InChI=1S/C30H24O2/c1-22(31)21-28(32)23-17-19-27(20-18-23)30(26-15-9-4-10-16-26)29(24-11-5-2-6-12-24)25-13-7-3-8-14-25/h2-20H,21H2,1H3. The Labute approximate surface area is 188 Å². The van der Waals surface area contributed by atoms with Crippen molar-refractivity contribution in [1.82, 2.24) is 0 Å². The molecule has 0 fully saturated rings. The lowest BCUT2D eigenvalue weighted by molar-refractivity contribution is -0.116. The topological polar surface area (TPSA) is 34.1 Å². The summed E-state index contributed by atoms with van der Waals surface area (Å²) in [7, 11) is 0. The summed E-state index contributed by atoms with van der Waals surface area (Å²) >= 11 is 0. The normalized spacial score (nSPS) is 10.4. The Morgan fingerprint density at radius 2 is 0.781 bits per heavy atom. The third-order valence-electron chi connectivity index (χ3n) is 5.34. The highest BCUT2D eigenvalue weighted by atomic mass is 16.1. The monoisotopic (exact) mass is 416 g/mol.